The molecule has 0 spiro atoms. The van der Waals surface area contributed by atoms with E-state index in [0.29, 0.717) is 0 Å². The van der Waals surface area contributed by atoms with Crippen LogP contribution in [-0.2, 0) is 34.9 Å². The molecule has 0 saturated carbocycles. The maximum absolute atomic E-state index is 14.0. The first kappa shape index (κ1) is 23.5. The summed E-state index contributed by atoms with van der Waals surface area (Å²) in [5, 5.41) is 0.0472. The molecular formula is C21H21Cl2FN2O4S. The van der Waals surface area contributed by atoms with Crippen molar-refractivity contribution in [3.05, 3.63) is 75.7 Å². The minimum absolute atomic E-state index is 0.0724. The van der Waals surface area contributed by atoms with Gasteiger partial charge in [-0.2, -0.15) is 8.42 Å². The second-order valence-corrected chi connectivity index (χ2v) is 9.38. The van der Waals surface area contributed by atoms with Gasteiger partial charge < -0.3 is 8.92 Å². The molecule has 0 aliphatic rings. The van der Waals surface area contributed by atoms with Crippen LogP contribution in [0.3, 0.4) is 0 Å². The Labute approximate surface area is 190 Å². The van der Waals surface area contributed by atoms with Crippen LogP contribution >= 0.6 is 23.2 Å². The number of halogens is 3. The topological polar surface area (TPSA) is 70.4 Å². The summed E-state index contributed by atoms with van der Waals surface area (Å²) in [5.41, 5.74) is 1.11. The third kappa shape index (κ3) is 5.77. The summed E-state index contributed by atoms with van der Waals surface area (Å²) in [5.74, 6) is -0.244. The zero-order chi connectivity index (χ0) is 22.6. The highest BCUT2D eigenvalue weighted by Crippen LogP contribution is 2.31. The lowest BCUT2D eigenvalue weighted by atomic mass is 10.2. The van der Waals surface area contributed by atoms with Crippen molar-refractivity contribution >= 4 is 33.3 Å². The Bertz CT molecular complexity index is 1130. The van der Waals surface area contributed by atoms with Crippen LogP contribution in [-0.4, -0.2) is 18.0 Å². The fraction of sp³-hybridized carbons (Fsp3) is 0.286. The molecule has 31 heavy (non-hydrogen) atoms. The van der Waals surface area contributed by atoms with Crippen molar-refractivity contribution in [3.63, 3.8) is 0 Å². The molecule has 1 heterocycles. The summed E-state index contributed by atoms with van der Waals surface area (Å²) in [6.45, 7) is 2.61. The smallest absolute Gasteiger partial charge is 0.357 e. The van der Waals surface area contributed by atoms with Gasteiger partial charge in [0, 0.05) is 22.2 Å². The molecule has 0 atom stereocenters. The third-order valence-electron chi connectivity index (χ3n) is 4.31. The normalized spacial score (nSPS) is 11.8. The number of hydrogen-bond acceptors (Lipinski definition) is 5. The van der Waals surface area contributed by atoms with E-state index in [1.807, 2.05) is 30.3 Å². The number of benzene rings is 2. The SMILES string of the molecule is CC(C)c1nc(COCc2ccccc2)n(CF)c1S(=O)(=O)Oc1cc(Cl)cc(Cl)c1. The first-order valence-electron chi connectivity index (χ1n) is 9.38. The highest BCUT2D eigenvalue weighted by Gasteiger charge is 2.31. The van der Waals surface area contributed by atoms with Crippen molar-refractivity contribution in [2.75, 3.05) is 0 Å². The molecule has 0 bridgehead atoms. The number of ether oxygens (including phenoxy) is 1. The second kappa shape index (κ2) is 9.99. The highest BCUT2D eigenvalue weighted by atomic mass is 35.5. The number of hydrogen-bond donors (Lipinski definition) is 0. The molecular weight excluding hydrogens is 466 g/mol. The molecule has 3 aromatic rings. The van der Waals surface area contributed by atoms with E-state index < -0.39 is 16.9 Å². The van der Waals surface area contributed by atoms with Gasteiger partial charge in [0.25, 0.3) is 0 Å². The second-order valence-electron chi connectivity index (χ2n) is 7.04. The molecule has 3 rings (SSSR count). The molecule has 0 saturated heterocycles. The molecule has 0 amide bonds. The van der Waals surface area contributed by atoms with Crippen LogP contribution < -0.4 is 4.18 Å². The van der Waals surface area contributed by atoms with E-state index >= 15 is 0 Å². The van der Waals surface area contributed by atoms with Gasteiger partial charge in [0.05, 0.1) is 12.3 Å². The van der Waals surface area contributed by atoms with Gasteiger partial charge in [0.2, 0.25) is 0 Å². The van der Waals surface area contributed by atoms with E-state index in [-0.39, 0.29) is 51.5 Å². The van der Waals surface area contributed by atoms with Gasteiger partial charge in [-0.1, -0.05) is 67.4 Å². The molecule has 1 aromatic heterocycles. The molecule has 166 valence electrons. The predicted molar refractivity (Wildman–Crippen MR) is 117 cm³/mol. The Hall–Kier alpha value is -2.13. The maximum Gasteiger partial charge on any atom is 0.357 e. The van der Waals surface area contributed by atoms with Gasteiger partial charge in [0.1, 0.15) is 18.2 Å². The van der Waals surface area contributed by atoms with Crippen molar-refractivity contribution in [2.45, 2.75) is 44.8 Å². The Morgan fingerprint density at radius 2 is 1.71 bits per heavy atom. The lowest BCUT2D eigenvalue weighted by Gasteiger charge is -2.12. The average Bonchev–Trinajstić information content (AvgIpc) is 3.07. The van der Waals surface area contributed by atoms with Crippen LogP contribution in [0.5, 0.6) is 5.75 Å². The van der Waals surface area contributed by atoms with Gasteiger partial charge in [-0.3, -0.25) is 4.57 Å². The van der Waals surface area contributed by atoms with E-state index in [1.165, 1.54) is 18.2 Å². The summed E-state index contributed by atoms with van der Waals surface area (Å²) in [7, 11) is -4.43. The van der Waals surface area contributed by atoms with Gasteiger partial charge in [-0.15, -0.1) is 0 Å². The van der Waals surface area contributed by atoms with Crippen LogP contribution in [0.1, 0.15) is 36.8 Å². The zero-order valence-corrected chi connectivity index (χ0v) is 19.2. The van der Waals surface area contributed by atoms with Gasteiger partial charge in [0.15, 0.2) is 11.8 Å². The van der Waals surface area contributed by atoms with Crippen molar-refractivity contribution in [1.82, 2.24) is 9.55 Å². The monoisotopic (exact) mass is 486 g/mol. The zero-order valence-electron chi connectivity index (χ0n) is 16.9. The van der Waals surface area contributed by atoms with E-state index in [4.69, 9.17) is 32.1 Å². The van der Waals surface area contributed by atoms with E-state index in [0.717, 1.165) is 10.1 Å². The molecule has 2 aromatic carbocycles. The minimum atomic E-state index is -4.43. The fourth-order valence-electron chi connectivity index (χ4n) is 2.95. The quantitative estimate of drug-likeness (QED) is 0.361. The van der Waals surface area contributed by atoms with Crippen molar-refractivity contribution in [2.24, 2.45) is 0 Å². The number of nitrogens with zero attached hydrogens (tertiary/aromatic N) is 2. The summed E-state index contributed by atoms with van der Waals surface area (Å²) in [6, 6.07) is 13.5. The minimum Gasteiger partial charge on any atom is -0.378 e. The first-order valence-corrected chi connectivity index (χ1v) is 11.5. The predicted octanol–water partition coefficient (Wildman–Crippen LogP) is 5.72. The molecule has 10 heteroatoms. The van der Waals surface area contributed by atoms with Gasteiger partial charge in [-0.05, 0) is 17.5 Å². The van der Waals surface area contributed by atoms with Crippen LogP contribution in [0.4, 0.5) is 4.39 Å². The lowest BCUT2D eigenvalue weighted by molar-refractivity contribution is 0.0967. The maximum atomic E-state index is 14.0. The van der Waals surface area contributed by atoms with E-state index in [2.05, 4.69) is 4.98 Å². The molecule has 0 N–H and O–H groups in total. The number of alkyl halides is 1. The third-order valence-corrected chi connectivity index (χ3v) is 6.06. The van der Waals surface area contributed by atoms with Crippen molar-refractivity contribution < 1.29 is 21.7 Å². The Morgan fingerprint density at radius 3 is 2.29 bits per heavy atom. The first-order chi connectivity index (χ1) is 14.7. The van der Waals surface area contributed by atoms with Crippen LogP contribution in [0.2, 0.25) is 10.0 Å². The fourth-order valence-corrected chi connectivity index (χ4v) is 4.85. The molecule has 0 aliphatic carbocycles. The summed E-state index contributed by atoms with van der Waals surface area (Å²) >= 11 is 11.8. The van der Waals surface area contributed by atoms with Crippen molar-refractivity contribution in [1.29, 1.82) is 0 Å². The van der Waals surface area contributed by atoms with Gasteiger partial charge in [-0.25, -0.2) is 9.37 Å². The standard InChI is InChI=1S/C21H21Cl2FN2O4S/c1-14(2)20-21(31(27,28)30-18-9-16(22)8-17(23)10-18)26(13-24)19(25-20)12-29-11-15-6-4-3-5-7-15/h3-10,14H,11-13H2,1-2H3. The van der Waals surface area contributed by atoms with Crippen LogP contribution in [0.15, 0.2) is 53.6 Å². The number of aromatic nitrogens is 2. The summed E-state index contributed by atoms with van der Waals surface area (Å²) in [6.07, 6.45) is 0. The van der Waals surface area contributed by atoms with E-state index in [9.17, 15) is 12.8 Å². The lowest BCUT2D eigenvalue weighted by Crippen LogP contribution is -2.18. The van der Waals surface area contributed by atoms with E-state index in [1.54, 1.807) is 13.8 Å². The van der Waals surface area contributed by atoms with Gasteiger partial charge >= 0.3 is 10.1 Å². The van der Waals surface area contributed by atoms with Crippen LogP contribution in [0.25, 0.3) is 0 Å². The molecule has 0 aliphatic heterocycles. The Kier molecular flexibility index (Phi) is 7.59. The molecule has 6 nitrogen and oxygen atoms in total. The summed E-state index contributed by atoms with van der Waals surface area (Å²) < 4.78 is 51.9. The highest BCUT2D eigenvalue weighted by molar-refractivity contribution is 7.87. The Balaban J connectivity index is 1.92. The molecule has 0 radical (unpaired) electrons. The molecule has 0 unspecified atom stereocenters. The molecule has 0 fully saturated rings. The summed E-state index contributed by atoms with van der Waals surface area (Å²) in [4.78, 5) is 4.34. The average molecular weight is 487 g/mol. The largest absolute Gasteiger partial charge is 0.378 e. The van der Waals surface area contributed by atoms with Crippen LogP contribution in [0, 0.1) is 0 Å². The Morgan fingerprint density at radius 1 is 1.06 bits per heavy atom. The number of imidazole rings is 1. The number of rotatable bonds is 9. The van der Waals surface area contributed by atoms with Crippen molar-refractivity contribution in [3.8, 4) is 5.75 Å².